The summed E-state index contributed by atoms with van der Waals surface area (Å²) in [7, 11) is 0. The number of ketones is 1. The van der Waals surface area contributed by atoms with Gasteiger partial charge >= 0.3 is 6.18 Å². The summed E-state index contributed by atoms with van der Waals surface area (Å²) in [4.78, 5) is 10.6. The molecule has 0 spiro atoms. The third-order valence-electron chi connectivity index (χ3n) is 1.70. The fraction of sp³-hybridized carbons (Fsp3) is 0.222. The first-order valence-electron chi connectivity index (χ1n) is 3.88. The topological polar surface area (TPSA) is 37.3 Å². The normalized spacial score (nSPS) is 11.5. The number of rotatable bonds is 2. The lowest BCUT2D eigenvalue weighted by atomic mass is 10.1. The lowest BCUT2D eigenvalue weighted by Crippen LogP contribution is -2.24. The molecular weight excluding hydrogens is 233 g/mol. The second-order valence-electron chi connectivity index (χ2n) is 2.87. The Balaban J connectivity index is 2.87. The van der Waals surface area contributed by atoms with Crippen LogP contribution >= 0.6 is 11.6 Å². The van der Waals surface area contributed by atoms with E-state index in [9.17, 15) is 18.0 Å². The molecule has 0 radical (unpaired) electrons. The summed E-state index contributed by atoms with van der Waals surface area (Å²) in [5, 5.41) is 8.88. The molecule has 15 heavy (non-hydrogen) atoms. The smallest absolute Gasteiger partial charge is 0.450 e. The lowest BCUT2D eigenvalue weighted by molar-refractivity contribution is -0.170. The molecule has 0 aliphatic rings. The Morgan fingerprint density at radius 2 is 2.00 bits per heavy atom. The number of phenolic OH excluding ortho intramolecular Hbond substituents is 1. The van der Waals surface area contributed by atoms with Crippen LogP contribution in [0.4, 0.5) is 13.2 Å². The van der Waals surface area contributed by atoms with Crippen LogP contribution in [0.25, 0.3) is 0 Å². The minimum Gasteiger partial charge on any atom is -0.508 e. The first-order chi connectivity index (χ1) is 6.80. The van der Waals surface area contributed by atoms with Crippen LogP contribution in [0, 0.1) is 0 Å². The zero-order valence-corrected chi connectivity index (χ0v) is 8.06. The molecule has 0 bridgehead atoms. The van der Waals surface area contributed by atoms with Gasteiger partial charge in [-0.25, -0.2) is 0 Å². The molecule has 0 amide bonds. The van der Waals surface area contributed by atoms with Crippen molar-refractivity contribution >= 4 is 17.4 Å². The van der Waals surface area contributed by atoms with Gasteiger partial charge in [0.05, 0.1) is 0 Å². The Kier molecular flexibility index (Phi) is 3.24. The van der Waals surface area contributed by atoms with E-state index >= 15 is 0 Å². The molecule has 1 N–H and O–H groups in total. The third kappa shape index (κ3) is 3.13. The number of alkyl halides is 3. The first-order valence-corrected chi connectivity index (χ1v) is 4.26. The van der Waals surface area contributed by atoms with Crippen molar-refractivity contribution in [2.75, 3.05) is 0 Å². The summed E-state index contributed by atoms with van der Waals surface area (Å²) in [5.41, 5.74) is 0.0387. The number of hydrogen-bond acceptors (Lipinski definition) is 2. The summed E-state index contributed by atoms with van der Waals surface area (Å²) in [6, 6.07) is 3.44. The zero-order chi connectivity index (χ0) is 11.6. The highest BCUT2D eigenvalue weighted by molar-refractivity contribution is 6.31. The quantitative estimate of drug-likeness (QED) is 0.860. The highest BCUT2D eigenvalue weighted by atomic mass is 35.5. The largest absolute Gasteiger partial charge is 0.508 e. The van der Waals surface area contributed by atoms with Crippen molar-refractivity contribution in [1.82, 2.24) is 0 Å². The van der Waals surface area contributed by atoms with Gasteiger partial charge < -0.3 is 5.11 Å². The van der Waals surface area contributed by atoms with E-state index in [1.165, 1.54) is 12.1 Å². The fourth-order valence-corrected chi connectivity index (χ4v) is 1.19. The van der Waals surface area contributed by atoms with Crippen molar-refractivity contribution in [2.24, 2.45) is 0 Å². The van der Waals surface area contributed by atoms with Crippen LogP contribution in [-0.2, 0) is 11.2 Å². The zero-order valence-electron chi connectivity index (χ0n) is 7.31. The van der Waals surface area contributed by atoms with Gasteiger partial charge in [0.1, 0.15) is 5.75 Å². The number of aromatic hydroxyl groups is 1. The summed E-state index contributed by atoms with van der Waals surface area (Å²) in [6.07, 6.45) is -5.68. The number of phenols is 1. The molecule has 0 saturated heterocycles. The summed E-state index contributed by atoms with van der Waals surface area (Å²) < 4.78 is 35.7. The van der Waals surface area contributed by atoms with Crippen molar-refractivity contribution < 1.29 is 23.1 Å². The van der Waals surface area contributed by atoms with Gasteiger partial charge in [-0.3, -0.25) is 4.79 Å². The predicted octanol–water partition coefficient (Wildman–Crippen LogP) is 2.72. The van der Waals surface area contributed by atoms with Gasteiger partial charge in [0.2, 0.25) is 5.78 Å². The molecule has 0 atom stereocenters. The molecule has 0 unspecified atom stereocenters. The van der Waals surface area contributed by atoms with E-state index in [1.807, 2.05) is 0 Å². The summed E-state index contributed by atoms with van der Waals surface area (Å²) >= 11 is 5.54. The maximum Gasteiger partial charge on any atom is 0.450 e. The molecule has 6 heteroatoms. The molecule has 0 fully saturated rings. The van der Waals surface area contributed by atoms with E-state index in [1.54, 1.807) is 0 Å². The average Bonchev–Trinajstić information content (AvgIpc) is 2.08. The van der Waals surface area contributed by atoms with Crippen molar-refractivity contribution in [2.45, 2.75) is 12.6 Å². The van der Waals surface area contributed by atoms with Gasteiger partial charge in [-0.1, -0.05) is 17.7 Å². The molecule has 0 saturated carbocycles. The Morgan fingerprint density at radius 3 is 2.47 bits per heavy atom. The highest BCUT2D eigenvalue weighted by Gasteiger charge is 2.38. The molecule has 0 aliphatic heterocycles. The van der Waals surface area contributed by atoms with Gasteiger partial charge in [0, 0.05) is 11.4 Å². The SMILES string of the molecule is O=C(Cc1ccc(O)cc1Cl)C(F)(F)F. The van der Waals surface area contributed by atoms with Gasteiger partial charge in [0.15, 0.2) is 0 Å². The van der Waals surface area contributed by atoms with Crippen molar-refractivity contribution in [3.8, 4) is 5.75 Å². The number of carbonyl (C=O) groups excluding carboxylic acids is 1. The second-order valence-corrected chi connectivity index (χ2v) is 3.28. The highest BCUT2D eigenvalue weighted by Crippen LogP contribution is 2.25. The number of benzene rings is 1. The maximum absolute atomic E-state index is 11.9. The molecular formula is C9H6ClF3O2. The number of halogens is 4. The number of Topliss-reactive ketones (excluding diaryl/α,β-unsaturated/α-hetero) is 1. The molecule has 82 valence electrons. The van der Waals surface area contributed by atoms with Crippen molar-refractivity contribution in [3.05, 3.63) is 28.8 Å². The molecule has 0 heterocycles. The number of hydrogen-bond donors (Lipinski definition) is 1. The Morgan fingerprint density at radius 1 is 1.40 bits per heavy atom. The van der Waals surface area contributed by atoms with E-state index in [0.717, 1.165) is 6.07 Å². The standard InChI is InChI=1S/C9H6ClF3O2/c10-7-4-6(14)2-1-5(7)3-8(15)9(11,12)13/h1-2,4,14H,3H2. The Hall–Kier alpha value is -1.23. The second kappa shape index (κ2) is 4.10. The van der Waals surface area contributed by atoms with Gasteiger partial charge in [-0.05, 0) is 17.7 Å². The summed E-state index contributed by atoms with van der Waals surface area (Å²) in [6.45, 7) is 0. The molecule has 1 aromatic carbocycles. The van der Waals surface area contributed by atoms with E-state index in [2.05, 4.69) is 0 Å². The maximum atomic E-state index is 11.9. The van der Waals surface area contributed by atoms with Crippen molar-refractivity contribution in [1.29, 1.82) is 0 Å². The predicted molar refractivity (Wildman–Crippen MR) is 47.9 cm³/mol. The number of carbonyl (C=O) groups is 1. The molecule has 0 aromatic heterocycles. The van der Waals surface area contributed by atoms with Gasteiger partial charge in [-0.2, -0.15) is 13.2 Å². The molecule has 1 aromatic rings. The van der Waals surface area contributed by atoms with Crippen LogP contribution in [0.3, 0.4) is 0 Å². The van der Waals surface area contributed by atoms with E-state index in [4.69, 9.17) is 16.7 Å². The molecule has 2 nitrogen and oxygen atoms in total. The van der Waals surface area contributed by atoms with E-state index in [0.29, 0.717) is 0 Å². The van der Waals surface area contributed by atoms with Crippen LogP contribution in [0.1, 0.15) is 5.56 Å². The lowest BCUT2D eigenvalue weighted by Gasteiger charge is -2.06. The van der Waals surface area contributed by atoms with Crippen LogP contribution < -0.4 is 0 Å². The van der Waals surface area contributed by atoms with E-state index in [-0.39, 0.29) is 16.3 Å². The van der Waals surface area contributed by atoms with Crippen LogP contribution in [-0.4, -0.2) is 17.1 Å². The molecule has 0 aliphatic carbocycles. The summed E-state index contributed by atoms with van der Waals surface area (Å²) in [5.74, 6) is -2.03. The fourth-order valence-electron chi connectivity index (χ4n) is 0.953. The minimum atomic E-state index is -4.86. The van der Waals surface area contributed by atoms with Crippen LogP contribution in [0.15, 0.2) is 18.2 Å². The van der Waals surface area contributed by atoms with Gasteiger partial charge in [-0.15, -0.1) is 0 Å². The third-order valence-corrected chi connectivity index (χ3v) is 2.06. The first kappa shape index (κ1) is 11.8. The van der Waals surface area contributed by atoms with Crippen molar-refractivity contribution in [3.63, 3.8) is 0 Å². The minimum absolute atomic E-state index is 0.0387. The van der Waals surface area contributed by atoms with Gasteiger partial charge in [0.25, 0.3) is 0 Å². The Labute approximate surface area is 88.3 Å². The average molecular weight is 239 g/mol. The van der Waals surface area contributed by atoms with E-state index < -0.39 is 18.4 Å². The monoisotopic (exact) mass is 238 g/mol. The van der Waals surface area contributed by atoms with Crippen LogP contribution in [0.5, 0.6) is 5.75 Å². The van der Waals surface area contributed by atoms with Crippen LogP contribution in [0.2, 0.25) is 5.02 Å². The molecule has 1 rings (SSSR count). The Bertz CT molecular complexity index is 387.